The van der Waals surface area contributed by atoms with Crippen molar-refractivity contribution in [2.24, 2.45) is 5.73 Å². The van der Waals surface area contributed by atoms with Crippen molar-refractivity contribution in [3.63, 3.8) is 0 Å². The molecule has 3 aromatic rings. The fourth-order valence-corrected chi connectivity index (χ4v) is 3.53. The average Bonchev–Trinajstić information content (AvgIpc) is 3.17. The number of amides is 2. The zero-order valence-corrected chi connectivity index (χ0v) is 16.8. The minimum atomic E-state index is -0.949. The van der Waals surface area contributed by atoms with Crippen LogP contribution in [0.2, 0.25) is 0 Å². The van der Waals surface area contributed by atoms with E-state index in [4.69, 9.17) is 10.2 Å². The number of aliphatic hydroxyl groups excluding tert-OH is 1. The summed E-state index contributed by atoms with van der Waals surface area (Å²) < 4.78 is 33.6. The first-order valence-corrected chi connectivity index (χ1v) is 9.93. The van der Waals surface area contributed by atoms with Crippen LogP contribution in [0.4, 0.5) is 20.4 Å². The number of oxazole rings is 1. The van der Waals surface area contributed by atoms with E-state index in [1.165, 1.54) is 6.07 Å². The maximum Gasteiger partial charge on any atom is 0.273 e. The van der Waals surface area contributed by atoms with Crippen LogP contribution in [0.15, 0.2) is 46.9 Å². The van der Waals surface area contributed by atoms with E-state index >= 15 is 0 Å². The van der Waals surface area contributed by atoms with Gasteiger partial charge in [0.25, 0.3) is 11.8 Å². The summed E-state index contributed by atoms with van der Waals surface area (Å²) in [6, 6.07) is 9.56. The number of aliphatic hydroxyl groups is 1. The molecule has 1 unspecified atom stereocenters. The Kier molecular flexibility index (Phi) is 5.87. The van der Waals surface area contributed by atoms with Gasteiger partial charge in [0.05, 0.1) is 6.10 Å². The zero-order valence-electron chi connectivity index (χ0n) is 16.8. The van der Waals surface area contributed by atoms with Gasteiger partial charge in [0.1, 0.15) is 17.2 Å². The molecule has 0 spiro atoms. The zero-order chi connectivity index (χ0) is 22.8. The number of halogens is 2. The first-order chi connectivity index (χ1) is 15.3. The second-order valence-electron chi connectivity index (χ2n) is 7.41. The molecule has 1 saturated heterocycles. The second kappa shape index (κ2) is 8.75. The van der Waals surface area contributed by atoms with E-state index in [1.807, 2.05) is 0 Å². The average molecular weight is 442 g/mol. The number of likely N-dealkylation sites (tertiary alicyclic amines) is 1. The fraction of sp³-hybridized carbons (Fsp3) is 0.227. The second-order valence-corrected chi connectivity index (χ2v) is 7.41. The number of carbonyl (C=O) groups is 2. The van der Waals surface area contributed by atoms with Gasteiger partial charge < -0.3 is 25.5 Å². The number of hydrogen-bond acceptors (Lipinski definition) is 6. The minimum Gasteiger partial charge on any atom is -0.419 e. The third-order valence-corrected chi connectivity index (χ3v) is 5.11. The van der Waals surface area contributed by atoms with Gasteiger partial charge in [-0.3, -0.25) is 9.59 Å². The molecule has 2 heterocycles. The minimum absolute atomic E-state index is 0.187. The molecular formula is C22H20F2N4O4. The van der Waals surface area contributed by atoms with Crippen molar-refractivity contribution in [3.05, 3.63) is 65.4 Å². The van der Waals surface area contributed by atoms with Crippen molar-refractivity contribution in [2.45, 2.75) is 18.9 Å². The third-order valence-electron chi connectivity index (χ3n) is 5.11. The van der Waals surface area contributed by atoms with E-state index in [2.05, 4.69) is 10.3 Å². The third kappa shape index (κ3) is 4.30. The number of primary amides is 1. The van der Waals surface area contributed by atoms with Crippen molar-refractivity contribution < 1.29 is 27.9 Å². The highest BCUT2D eigenvalue weighted by molar-refractivity contribution is 5.97. The number of hydrogen-bond donors (Lipinski definition) is 3. The van der Waals surface area contributed by atoms with Crippen LogP contribution in [0.3, 0.4) is 0 Å². The standard InChI is InChI=1S/C22H20F2N4O4/c23-15-4-1-5-16(24)17(15)20-27-18(19(25)30)21(32-20)26-13-8-6-12(7-9-13)22(31)28-10-2-3-14(29)11-28/h1,4-9,14,26,29H,2-3,10-11H2,(H2,25,30). The summed E-state index contributed by atoms with van der Waals surface area (Å²) in [5, 5.41) is 12.6. The lowest BCUT2D eigenvalue weighted by Gasteiger charge is -2.30. The molecule has 0 radical (unpaired) electrons. The monoisotopic (exact) mass is 442 g/mol. The van der Waals surface area contributed by atoms with Gasteiger partial charge in [-0.05, 0) is 49.2 Å². The van der Waals surface area contributed by atoms with Crippen LogP contribution in [0.25, 0.3) is 11.5 Å². The number of anilines is 2. The van der Waals surface area contributed by atoms with Crippen molar-refractivity contribution in [1.82, 2.24) is 9.88 Å². The molecule has 1 fully saturated rings. The topological polar surface area (TPSA) is 122 Å². The molecule has 166 valence electrons. The first kappa shape index (κ1) is 21.4. The maximum absolute atomic E-state index is 14.1. The molecule has 2 aromatic carbocycles. The lowest BCUT2D eigenvalue weighted by Crippen LogP contribution is -2.42. The lowest BCUT2D eigenvalue weighted by atomic mass is 10.1. The summed E-state index contributed by atoms with van der Waals surface area (Å²) >= 11 is 0. The van der Waals surface area contributed by atoms with Crippen LogP contribution in [0.5, 0.6) is 0 Å². The molecule has 4 N–H and O–H groups in total. The fourth-order valence-electron chi connectivity index (χ4n) is 3.53. The van der Waals surface area contributed by atoms with Crippen LogP contribution in [0.1, 0.15) is 33.7 Å². The van der Waals surface area contributed by atoms with Crippen molar-refractivity contribution in [2.75, 3.05) is 18.4 Å². The molecule has 1 aromatic heterocycles. The molecule has 0 aliphatic carbocycles. The predicted molar refractivity (Wildman–Crippen MR) is 111 cm³/mol. The number of β-amino-alcohol motifs (C(OH)–C–C–N with tert-alkyl or cyclic N) is 1. The van der Waals surface area contributed by atoms with Crippen LogP contribution >= 0.6 is 0 Å². The molecule has 4 rings (SSSR count). The van der Waals surface area contributed by atoms with Gasteiger partial charge in [0.2, 0.25) is 11.8 Å². The largest absolute Gasteiger partial charge is 0.419 e. The smallest absolute Gasteiger partial charge is 0.273 e. The molecule has 32 heavy (non-hydrogen) atoms. The Morgan fingerprint density at radius 3 is 2.47 bits per heavy atom. The Morgan fingerprint density at radius 1 is 1.16 bits per heavy atom. The van der Waals surface area contributed by atoms with Gasteiger partial charge >= 0.3 is 0 Å². The number of carbonyl (C=O) groups excluding carboxylic acids is 2. The summed E-state index contributed by atoms with van der Waals surface area (Å²) in [7, 11) is 0. The SMILES string of the molecule is NC(=O)c1nc(-c2c(F)cccc2F)oc1Nc1ccc(C(=O)N2CCCC(O)C2)cc1. The Morgan fingerprint density at radius 2 is 1.84 bits per heavy atom. The van der Waals surface area contributed by atoms with Gasteiger partial charge in [0, 0.05) is 24.3 Å². The van der Waals surface area contributed by atoms with Gasteiger partial charge in [-0.15, -0.1) is 0 Å². The Labute approximate surface area is 181 Å². The molecule has 0 bridgehead atoms. The Balaban J connectivity index is 1.57. The van der Waals surface area contributed by atoms with E-state index in [1.54, 1.807) is 29.2 Å². The van der Waals surface area contributed by atoms with Gasteiger partial charge in [-0.25, -0.2) is 13.8 Å². The highest BCUT2D eigenvalue weighted by Gasteiger charge is 2.25. The number of nitrogens with one attached hydrogen (secondary N) is 1. The number of aromatic nitrogens is 1. The summed E-state index contributed by atoms with van der Waals surface area (Å²) in [5.41, 5.74) is 5.34. The highest BCUT2D eigenvalue weighted by Crippen LogP contribution is 2.31. The molecule has 8 nitrogen and oxygen atoms in total. The summed E-state index contributed by atoms with van der Waals surface area (Å²) in [6.45, 7) is 0.861. The van der Waals surface area contributed by atoms with Crippen LogP contribution < -0.4 is 11.1 Å². The number of benzene rings is 2. The first-order valence-electron chi connectivity index (χ1n) is 9.93. The van der Waals surface area contributed by atoms with Crippen LogP contribution in [-0.2, 0) is 0 Å². The van der Waals surface area contributed by atoms with Gasteiger partial charge in [-0.1, -0.05) is 6.07 Å². The lowest BCUT2D eigenvalue weighted by molar-refractivity contribution is 0.0474. The van der Waals surface area contributed by atoms with Gasteiger partial charge in [0.15, 0.2) is 5.69 Å². The van der Waals surface area contributed by atoms with Crippen molar-refractivity contribution >= 4 is 23.4 Å². The molecule has 2 amide bonds. The number of nitrogens with two attached hydrogens (primary N) is 1. The van der Waals surface area contributed by atoms with E-state index in [-0.39, 0.29) is 24.0 Å². The number of piperidine rings is 1. The molecule has 1 aliphatic rings. The summed E-state index contributed by atoms with van der Waals surface area (Å²) in [5.74, 6) is -3.58. The van der Waals surface area contributed by atoms with Crippen molar-refractivity contribution in [1.29, 1.82) is 0 Å². The van der Waals surface area contributed by atoms with E-state index in [0.717, 1.165) is 18.6 Å². The molecule has 0 saturated carbocycles. The summed E-state index contributed by atoms with van der Waals surface area (Å²) in [6.07, 6.45) is 0.879. The normalized spacial score (nSPS) is 16.1. The highest BCUT2D eigenvalue weighted by atomic mass is 19.1. The summed E-state index contributed by atoms with van der Waals surface area (Å²) in [4.78, 5) is 29.8. The number of rotatable bonds is 5. The van der Waals surface area contributed by atoms with Crippen LogP contribution in [0, 0.1) is 11.6 Å². The Hall–Kier alpha value is -3.79. The van der Waals surface area contributed by atoms with E-state index in [0.29, 0.717) is 24.2 Å². The maximum atomic E-state index is 14.1. The van der Waals surface area contributed by atoms with Crippen LogP contribution in [-0.4, -0.2) is 46.0 Å². The molecule has 1 atom stereocenters. The van der Waals surface area contributed by atoms with Gasteiger partial charge in [-0.2, -0.15) is 0 Å². The van der Waals surface area contributed by atoms with E-state index in [9.17, 15) is 23.5 Å². The molecular weight excluding hydrogens is 422 g/mol. The Bertz CT molecular complexity index is 1140. The predicted octanol–water partition coefficient (Wildman–Crippen LogP) is 3.06. The van der Waals surface area contributed by atoms with Crippen molar-refractivity contribution in [3.8, 4) is 11.5 Å². The number of nitrogens with zero attached hydrogens (tertiary/aromatic N) is 2. The van der Waals surface area contributed by atoms with E-state index < -0.39 is 35.1 Å². The molecule has 1 aliphatic heterocycles. The quantitative estimate of drug-likeness (QED) is 0.558. The molecule has 10 heteroatoms.